The molecule has 0 fully saturated rings. The number of nitrogens with zero attached hydrogens (tertiary/aromatic N) is 2. The Morgan fingerprint density at radius 2 is 1.62 bits per heavy atom. The largest absolute Gasteiger partial charge is 0.489 e. The van der Waals surface area contributed by atoms with Gasteiger partial charge in [0.1, 0.15) is 18.4 Å². The quantitative estimate of drug-likeness (QED) is 0.292. The minimum Gasteiger partial charge on any atom is -0.489 e. The fraction of sp³-hybridized carbons (Fsp3) is 0.400. The van der Waals surface area contributed by atoms with E-state index in [2.05, 4.69) is 32.7 Å². The number of benzene rings is 2. The van der Waals surface area contributed by atoms with Crippen molar-refractivity contribution in [3.63, 3.8) is 0 Å². The van der Waals surface area contributed by atoms with E-state index in [0.717, 1.165) is 41.7 Å². The summed E-state index contributed by atoms with van der Waals surface area (Å²) >= 11 is 0. The second-order valence-corrected chi connectivity index (χ2v) is 12.1. The first kappa shape index (κ1) is 31.0. The zero-order valence-electron chi connectivity index (χ0n) is 25.3. The zero-order chi connectivity index (χ0) is 30.0. The van der Waals surface area contributed by atoms with Gasteiger partial charge in [-0.1, -0.05) is 54.6 Å². The molecule has 2 amide bonds. The van der Waals surface area contributed by atoms with Gasteiger partial charge in [0.05, 0.1) is 6.04 Å². The van der Waals surface area contributed by atoms with Gasteiger partial charge in [-0.3, -0.25) is 19.5 Å². The van der Waals surface area contributed by atoms with Crippen molar-refractivity contribution in [3.8, 4) is 5.75 Å². The third-order valence-corrected chi connectivity index (χ3v) is 7.47. The summed E-state index contributed by atoms with van der Waals surface area (Å²) in [5.74, 6) is 0.384. The van der Waals surface area contributed by atoms with Crippen LogP contribution < -0.4 is 15.4 Å². The van der Waals surface area contributed by atoms with Crippen molar-refractivity contribution in [3.05, 3.63) is 108 Å². The summed E-state index contributed by atoms with van der Waals surface area (Å²) in [5.41, 5.74) is 2.62. The predicted octanol–water partition coefficient (Wildman–Crippen LogP) is 5.25. The van der Waals surface area contributed by atoms with Crippen molar-refractivity contribution in [2.24, 2.45) is 0 Å². The maximum atomic E-state index is 14.0. The Morgan fingerprint density at radius 1 is 0.929 bits per heavy atom. The summed E-state index contributed by atoms with van der Waals surface area (Å²) in [6, 6.07) is 20.6. The maximum Gasteiger partial charge on any atom is 0.243 e. The molecule has 42 heavy (non-hydrogen) atoms. The topological polar surface area (TPSA) is 83.6 Å². The zero-order valence-corrected chi connectivity index (χ0v) is 25.3. The van der Waals surface area contributed by atoms with Gasteiger partial charge >= 0.3 is 0 Å². The Labute approximate surface area is 250 Å². The van der Waals surface area contributed by atoms with Gasteiger partial charge in [-0.05, 0) is 94.5 Å². The normalized spacial score (nSPS) is 16.5. The number of nitrogens with one attached hydrogen (secondary N) is 2. The molecule has 1 aliphatic rings. The number of hydrogen-bond acceptors (Lipinski definition) is 5. The number of allylic oxidation sites excluding steroid dienone is 1. The number of pyridine rings is 1. The lowest BCUT2D eigenvalue weighted by Gasteiger charge is -2.35. The third kappa shape index (κ3) is 9.55. The average molecular weight is 569 g/mol. The molecule has 0 bridgehead atoms. The fourth-order valence-corrected chi connectivity index (χ4v) is 5.16. The molecule has 2 aromatic carbocycles. The molecule has 2 N–H and O–H groups in total. The molecule has 1 aromatic heterocycles. The van der Waals surface area contributed by atoms with Crippen molar-refractivity contribution >= 4 is 11.8 Å². The van der Waals surface area contributed by atoms with Gasteiger partial charge in [0.15, 0.2) is 0 Å². The van der Waals surface area contributed by atoms with Crippen molar-refractivity contribution < 1.29 is 14.3 Å². The lowest BCUT2D eigenvalue weighted by Crippen LogP contribution is -2.57. The lowest BCUT2D eigenvalue weighted by molar-refractivity contribution is -0.132. The van der Waals surface area contributed by atoms with Crippen molar-refractivity contribution in [1.29, 1.82) is 0 Å². The van der Waals surface area contributed by atoms with Gasteiger partial charge in [0.2, 0.25) is 11.8 Å². The molecule has 0 spiro atoms. The predicted molar refractivity (Wildman–Crippen MR) is 167 cm³/mol. The van der Waals surface area contributed by atoms with Crippen LogP contribution in [0.1, 0.15) is 56.7 Å². The van der Waals surface area contributed by atoms with Crippen LogP contribution in [0.3, 0.4) is 0 Å². The average Bonchev–Trinajstić information content (AvgIpc) is 2.99. The van der Waals surface area contributed by atoms with Gasteiger partial charge in [-0.25, -0.2) is 0 Å². The molecule has 0 aliphatic heterocycles. The molecule has 3 unspecified atom stereocenters. The summed E-state index contributed by atoms with van der Waals surface area (Å²) in [6.07, 6.45) is 11.9. The summed E-state index contributed by atoms with van der Waals surface area (Å²) in [5, 5.41) is 6.19. The van der Waals surface area contributed by atoms with Crippen LogP contribution in [-0.4, -0.2) is 52.4 Å². The first-order valence-corrected chi connectivity index (χ1v) is 14.8. The Morgan fingerprint density at radius 3 is 2.26 bits per heavy atom. The lowest BCUT2D eigenvalue weighted by atomic mass is 9.97. The Kier molecular flexibility index (Phi) is 10.9. The Hall–Kier alpha value is -3.97. The third-order valence-electron chi connectivity index (χ3n) is 7.47. The van der Waals surface area contributed by atoms with E-state index in [1.807, 2.05) is 94.5 Å². The first-order chi connectivity index (χ1) is 20.2. The van der Waals surface area contributed by atoms with E-state index in [9.17, 15) is 9.59 Å². The van der Waals surface area contributed by atoms with Gasteiger partial charge in [-0.15, -0.1) is 0 Å². The second kappa shape index (κ2) is 14.8. The summed E-state index contributed by atoms with van der Waals surface area (Å²) < 4.78 is 5.94. The number of likely N-dealkylation sites (N-methyl/N-ethyl adjacent to an activating group) is 1. The van der Waals surface area contributed by atoms with Crippen LogP contribution in [0, 0.1) is 0 Å². The number of hydrogen-bond donors (Lipinski definition) is 2. The Balaban J connectivity index is 1.50. The van der Waals surface area contributed by atoms with Crippen molar-refractivity contribution in [2.75, 3.05) is 7.05 Å². The van der Waals surface area contributed by atoms with Crippen molar-refractivity contribution in [2.45, 2.75) is 83.1 Å². The number of ether oxygens (including phenoxy) is 1. The highest BCUT2D eigenvalue weighted by atomic mass is 16.5. The SMILES string of the molecule is CN(C1C=CCCC1)C(Cc1ccncc1)C(=O)NC(Cc1ccc(OCc2ccccc2)cc1)C(=O)NC(C)(C)C. The van der Waals surface area contributed by atoms with Crippen LogP contribution in [0.2, 0.25) is 0 Å². The molecular formula is C35H44N4O3. The summed E-state index contributed by atoms with van der Waals surface area (Å²) in [4.78, 5) is 33.8. The van der Waals surface area contributed by atoms with Crippen LogP contribution in [-0.2, 0) is 29.0 Å². The number of aromatic nitrogens is 1. The monoisotopic (exact) mass is 568 g/mol. The second-order valence-electron chi connectivity index (χ2n) is 12.1. The molecule has 0 radical (unpaired) electrons. The molecule has 1 heterocycles. The van der Waals surface area contributed by atoms with Crippen LogP contribution in [0.25, 0.3) is 0 Å². The van der Waals surface area contributed by atoms with E-state index < -0.39 is 17.6 Å². The van der Waals surface area contributed by atoms with Crippen molar-refractivity contribution in [1.82, 2.24) is 20.5 Å². The fourth-order valence-electron chi connectivity index (χ4n) is 5.16. The molecule has 1 aliphatic carbocycles. The minimum absolute atomic E-state index is 0.162. The smallest absolute Gasteiger partial charge is 0.243 e. The number of rotatable bonds is 12. The number of carbonyl (C=O) groups is 2. The summed E-state index contributed by atoms with van der Waals surface area (Å²) in [7, 11) is 2.00. The van der Waals surface area contributed by atoms with Gasteiger partial charge in [0.25, 0.3) is 0 Å². The molecule has 7 nitrogen and oxygen atoms in total. The van der Waals surface area contributed by atoms with Crippen LogP contribution >= 0.6 is 0 Å². The maximum absolute atomic E-state index is 14.0. The van der Waals surface area contributed by atoms with E-state index in [1.165, 1.54) is 0 Å². The first-order valence-electron chi connectivity index (χ1n) is 14.8. The van der Waals surface area contributed by atoms with E-state index in [1.54, 1.807) is 12.4 Å². The van der Waals surface area contributed by atoms with Crippen LogP contribution in [0.4, 0.5) is 0 Å². The minimum atomic E-state index is -0.733. The van der Waals surface area contributed by atoms with E-state index in [-0.39, 0.29) is 17.9 Å². The standard InChI is InChI=1S/C35H44N4O3/c1-35(2,3)38-33(40)31(23-26-15-17-30(18-16-26)42-25-28-11-7-5-8-12-28)37-34(41)32(24-27-19-21-36-22-20-27)39(4)29-13-9-6-10-14-29/h5,7-9,11-13,15-22,29,31-32H,6,10,14,23-25H2,1-4H3,(H,37,41)(H,38,40). The summed E-state index contributed by atoms with van der Waals surface area (Å²) in [6.45, 7) is 6.31. The molecule has 222 valence electrons. The van der Waals surface area contributed by atoms with E-state index in [0.29, 0.717) is 19.4 Å². The van der Waals surface area contributed by atoms with Gasteiger partial charge in [0, 0.05) is 30.4 Å². The van der Waals surface area contributed by atoms with E-state index >= 15 is 0 Å². The molecule has 3 aromatic rings. The molecule has 4 rings (SSSR count). The molecule has 0 saturated carbocycles. The Bertz CT molecular complexity index is 1300. The van der Waals surface area contributed by atoms with Gasteiger partial charge < -0.3 is 15.4 Å². The number of carbonyl (C=O) groups excluding carboxylic acids is 2. The molecule has 7 heteroatoms. The highest BCUT2D eigenvalue weighted by molar-refractivity contribution is 5.90. The molecule has 0 saturated heterocycles. The molecule has 3 atom stereocenters. The van der Waals surface area contributed by atoms with Crippen LogP contribution in [0.5, 0.6) is 5.75 Å². The van der Waals surface area contributed by atoms with E-state index in [4.69, 9.17) is 4.74 Å². The highest BCUT2D eigenvalue weighted by Crippen LogP contribution is 2.20. The molecular weight excluding hydrogens is 524 g/mol. The number of amides is 2. The van der Waals surface area contributed by atoms with Crippen LogP contribution in [0.15, 0.2) is 91.3 Å². The van der Waals surface area contributed by atoms with Gasteiger partial charge in [-0.2, -0.15) is 0 Å². The highest BCUT2D eigenvalue weighted by Gasteiger charge is 2.32.